The van der Waals surface area contributed by atoms with Crippen LogP contribution in [0.3, 0.4) is 0 Å². The standard InChI is InChI=1S/C16H23NO5/c1-7-21-15-12(13(19)14(15)20)17(8-10(2)3)9-11(18)22-16(4,5)6/h2,7-9H2,1,3-6H3. The molecule has 0 radical (unpaired) electrons. The van der Waals surface area contributed by atoms with Gasteiger partial charge in [-0.2, -0.15) is 0 Å². The largest absolute Gasteiger partial charge is 0.488 e. The third kappa shape index (κ3) is 4.44. The normalized spacial score (nSPS) is 11.3. The minimum absolute atomic E-state index is 0.0114. The molecule has 0 amide bonds. The maximum Gasteiger partial charge on any atom is 0.326 e. The molecule has 1 rings (SSSR count). The van der Waals surface area contributed by atoms with Crippen molar-refractivity contribution in [1.29, 1.82) is 0 Å². The Morgan fingerprint density at radius 2 is 1.77 bits per heavy atom. The molecule has 22 heavy (non-hydrogen) atoms. The van der Waals surface area contributed by atoms with Crippen molar-refractivity contribution in [2.75, 3.05) is 24.6 Å². The van der Waals surface area contributed by atoms with Crippen LogP contribution in [0.15, 0.2) is 21.7 Å². The first-order chi connectivity index (χ1) is 10.1. The van der Waals surface area contributed by atoms with E-state index in [0.717, 1.165) is 5.57 Å². The molecular weight excluding hydrogens is 286 g/mol. The van der Waals surface area contributed by atoms with Gasteiger partial charge in [-0.15, -0.1) is 0 Å². The molecule has 1 aromatic rings. The summed E-state index contributed by atoms with van der Waals surface area (Å²) in [7, 11) is 0. The molecule has 0 bridgehead atoms. The lowest BCUT2D eigenvalue weighted by Crippen LogP contribution is -2.45. The summed E-state index contributed by atoms with van der Waals surface area (Å²) in [6.45, 7) is 12.9. The van der Waals surface area contributed by atoms with Crippen molar-refractivity contribution in [2.45, 2.75) is 40.2 Å². The van der Waals surface area contributed by atoms with Crippen molar-refractivity contribution in [3.05, 3.63) is 32.6 Å². The zero-order valence-corrected chi connectivity index (χ0v) is 13.8. The van der Waals surface area contributed by atoms with E-state index >= 15 is 0 Å². The molecule has 122 valence electrons. The van der Waals surface area contributed by atoms with Gasteiger partial charge in [-0.25, -0.2) is 0 Å². The molecule has 6 heteroatoms. The summed E-state index contributed by atoms with van der Waals surface area (Å²) in [5, 5.41) is 0. The summed E-state index contributed by atoms with van der Waals surface area (Å²) < 4.78 is 10.5. The Balaban J connectivity index is 3.02. The van der Waals surface area contributed by atoms with Gasteiger partial charge < -0.3 is 14.4 Å². The van der Waals surface area contributed by atoms with Gasteiger partial charge in [-0.1, -0.05) is 12.2 Å². The number of hydrogen-bond donors (Lipinski definition) is 0. The summed E-state index contributed by atoms with van der Waals surface area (Å²) in [6.07, 6.45) is 0. The summed E-state index contributed by atoms with van der Waals surface area (Å²) in [6, 6.07) is 0. The van der Waals surface area contributed by atoms with Crippen molar-refractivity contribution in [1.82, 2.24) is 0 Å². The van der Waals surface area contributed by atoms with E-state index in [9.17, 15) is 14.4 Å². The number of rotatable bonds is 7. The van der Waals surface area contributed by atoms with Gasteiger partial charge in [0.25, 0.3) is 10.9 Å². The van der Waals surface area contributed by atoms with Gasteiger partial charge in [0, 0.05) is 6.54 Å². The van der Waals surface area contributed by atoms with E-state index in [0.29, 0.717) is 0 Å². The first kappa shape index (κ1) is 17.9. The molecule has 0 N–H and O–H groups in total. The Kier molecular flexibility index (Phi) is 5.52. The molecule has 0 aromatic heterocycles. The maximum atomic E-state index is 12.0. The molecule has 6 nitrogen and oxygen atoms in total. The summed E-state index contributed by atoms with van der Waals surface area (Å²) >= 11 is 0. The second kappa shape index (κ2) is 6.77. The molecule has 0 unspecified atom stereocenters. The van der Waals surface area contributed by atoms with Crippen molar-refractivity contribution in [3.63, 3.8) is 0 Å². The number of anilines is 1. The van der Waals surface area contributed by atoms with Gasteiger partial charge in [-0.3, -0.25) is 14.4 Å². The van der Waals surface area contributed by atoms with Gasteiger partial charge in [0.2, 0.25) is 0 Å². The SMILES string of the molecule is C=C(C)CN(CC(=O)OC(C)(C)C)c1c(OCC)c(=O)c1=O. The van der Waals surface area contributed by atoms with Crippen LogP contribution in [0, 0.1) is 0 Å². The van der Waals surface area contributed by atoms with E-state index in [1.807, 2.05) is 0 Å². The average Bonchev–Trinajstić information content (AvgIpc) is 2.34. The zero-order valence-electron chi connectivity index (χ0n) is 13.8. The van der Waals surface area contributed by atoms with Crippen LogP contribution in [0.5, 0.6) is 5.75 Å². The van der Waals surface area contributed by atoms with E-state index in [1.54, 1.807) is 34.6 Å². The predicted octanol–water partition coefficient (Wildman–Crippen LogP) is 1.41. The molecule has 0 saturated carbocycles. The van der Waals surface area contributed by atoms with Crippen LogP contribution in [0.25, 0.3) is 0 Å². The highest BCUT2D eigenvalue weighted by Gasteiger charge is 2.29. The number of carbonyl (C=O) groups is 1. The smallest absolute Gasteiger partial charge is 0.326 e. The fraction of sp³-hybridized carbons (Fsp3) is 0.562. The van der Waals surface area contributed by atoms with E-state index in [2.05, 4.69) is 6.58 Å². The van der Waals surface area contributed by atoms with Crippen LogP contribution in [0.4, 0.5) is 5.69 Å². The van der Waals surface area contributed by atoms with Crippen LogP contribution < -0.4 is 20.5 Å². The molecule has 1 aromatic carbocycles. The van der Waals surface area contributed by atoms with E-state index in [1.165, 1.54) is 4.90 Å². The Bertz CT molecular complexity index is 632. The van der Waals surface area contributed by atoms with Crippen LogP contribution in [0.1, 0.15) is 34.6 Å². The predicted molar refractivity (Wildman–Crippen MR) is 85.4 cm³/mol. The fourth-order valence-corrected chi connectivity index (χ4v) is 1.99. The Morgan fingerprint density at radius 3 is 2.23 bits per heavy atom. The van der Waals surface area contributed by atoms with Crippen molar-refractivity contribution in [2.24, 2.45) is 0 Å². The van der Waals surface area contributed by atoms with Gasteiger partial charge in [0.05, 0.1) is 6.61 Å². The molecule has 0 atom stereocenters. The molecule has 0 aliphatic heterocycles. The fourth-order valence-electron chi connectivity index (χ4n) is 1.99. The van der Waals surface area contributed by atoms with Gasteiger partial charge in [0.1, 0.15) is 17.8 Å². The molecule has 0 aliphatic rings. The van der Waals surface area contributed by atoms with E-state index in [4.69, 9.17) is 9.47 Å². The summed E-state index contributed by atoms with van der Waals surface area (Å²) in [5.41, 5.74) is -1.05. The van der Waals surface area contributed by atoms with Crippen molar-refractivity contribution < 1.29 is 14.3 Å². The van der Waals surface area contributed by atoms with Crippen molar-refractivity contribution >= 4 is 11.7 Å². The minimum atomic E-state index is -0.659. The maximum absolute atomic E-state index is 12.0. The average molecular weight is 309 g/mol. The molecule has 0 spiro atoms. The highest BCUT2D eigenvalue weighted by molar-refractivity contribution is 5.78. The highest BCUT2D eigenvalue weighted by Crippen LogP contribution is 2.23. The Morgan fingerprint density at radius 1 is 1.18 bits per heavy atom. The second-order valence-corrected chi connectivity index (χ2v) is 6.17. The van der Waals surface area contributed by atoms with Gasteiger partial charge in [0.15, 0.2) is 5.75 Å². The first-order valence-corrected chi connectivity index (χ1v) is 7.14. The number of nitrogens with zero attached hydrogens (tertiary/aromatic N) is 1. The molecule has 0 heterocycles. The van der Waals surface area contributed by atoms with E-state index < -0.39 is 22.4 Å². The number of esters is 1. The molecule has 0 aliphatic carbocycles. The van der Waals surface area contributed by atoms with Crippen molar-refractivity contribution in [3.8, 4) is 5.75 Å². The third-order valence-electron chi connectivity index (χ3n) is 2.65. The summed E-state index contributed by atoms with van der Waals surface area (Å²) in [5.74, 6) is -0.471. The second-order valence-electron chi connectivity index (χ2n) is 6.17. The monoisotopic (exact) mass is 309 g/mol. The minimum Gasteiger partial charge on any atom is -0.488 e. The Labute approximate surface area is 130 Å². The van der Waals surface area contributed by atoms with Crippen LogP contribution in [-0.4, -0.2) is 31.3 Å². The summed E-state index contributed by atoms with van der Waals surface area (Å²) in [4.78, 5) is 36.9. The van der Waals surface area contributed by atoms with Crippen LogP contribution in [-0.2, 0) is 9.53 Å². The van der Waals surface area contributed by atoms with Crippen LogP contribution >= 0.6 is 0 Å². The molecule has 0 fully saturated rings. The Hall–Kier alpha value is -2.11. The van der Waals surface area contributed by atoms with Gasteiger partial charge >= 0.3 is 5.97 Å². The van der Waals surface area contributed by atoms with E-state index in [-0.39, 0.29) is 31.1 Å². The third-order valence-corrected chi connectivity index (χ3v) is 2.65. The quantitative estimate of drug-likeness (QED) is 0.431. The lowest BCUT2D eigenvalue weighted by molar-refractivity contribution is -0.152. The van der Waals surface area contributed by atoms with Crippen LogP contribution in [0.2, 0.25) is 0 Å². The highest BCUT2D eigenvalue weighted by atomic mass is 16.6. The first-order valence-electron chi connectivity index (χ1n) is 7.14. The molecule has 0 saturated heterocycles. The zero-order chi connectivity index (χ0) is 17.1. The number of ether oxygens (including phenoxy) is 2. The topological polar surface area (TPSA) is 72.9 Å². The number of carbonyl (C=O) groups excluding carboxylic acids is 1. The lowest BCUT2D eigenvalue weighted by Gasteiger charge is -2.28. The number of hydrogen-bond acceptors (Lipinski definition) is 6. The molecular formula is C16H23NO5. The lowest BCUT2D eigenvalue weighted by atomic mass is 10.1. The van der Waals surface area contributed by atoms with Gasteiger partial charge in [-0.05, 0) is 34.6 Å².